The fourth-order valence-corrected chi connectivity index (χ4v) is 5.42. The molecule has 0 radical (unpaired) electrons. The summed E-state index contributed by atoms with van der Waals surface area (Å²) >= 11 is 0. The van der Waals surface area contributed by atoms with Crippen molar-refractivity contribution in [2.45, 2.75) is 25.1 Å². The lowest BCUT2D eigenvalue weighted by Crippen LogP contribution is -2.58. The third-order valence-corrected chi connectivity index (χ3v) is 7.75. The number of aromatic nitrogens is 2. The van der Waals surface area contributed by atoms with Crippen LogP contribution in [0.5, 0.6) is 17.2 Å². The first-order valence-electron chi connectivity index (χ1n) is 14.3. The number of aromatic amines is 2. The molecule has 2 atom stereocenters. The van der Waals surface area contributed by atoms with Gasteiger partial charge in [0, 0.05) is 43.9 Å². The Balaban J connectivity index is 1.36. The average Bonchev–Trinajstić information content (AvgIpc) is 3.49. The molecule has 4 heterocycles. The van der Waals surface area contributed by atoms with Crippen molar-refractivity contribution >= 4 is 17.7 Å². The van der Waals surface area contributed by atoms with Crippen molar-refractivity contribution in [2.75, 3.05) is 26.8 Å². The number of nitrogens with one attached hydrogen (secondary N) is 4. The SMILES string of the molecule is COc1cc2ccc1CNC(=O)COc1cccc(c1)-c1ccc(F)c(c1)C(=O)N[C@@H]1CN(C(=O)c3c[nH]c(=O)[nH]3)CC[C@@H]1O2. The van der Waals surface area contributed by atoms with E-state index < -0.39 is 35.5 Å². The largest absolute Gasteiger partial charge is 0.496 e. The van der Waals surface area contributed by atoms with Crippen molar-refractivity contribution in [3.8, 4) is 28.4 Å². The number of benzene rings is 3. The summed E-state index contributed by atoms with van der Waals surface area (Å²) in [6.07, 6.45) is 1.00. The Labute approximate surface area is 256 Å². The number of carbonyl (C=O) groups is 3. The van der Waals surface area contributed by atoms with Crippen LogP contribution in [0.25, 0.3) is 11.1 Å². The van der Waals surface area contributed by atoms with Crippen LogP contribution in [0.2, 0.25) is 0 Å². The number of H-pyrrole nitrogens is 2. The standard InChI is InChI=1S/C32H30FN5O7/c1-43-28-13-22-7-5-20(28)14-34-29(39)17-44-21-4-2-3-18(11-21)19-6-8-24(33)23(12-19)30(40)36-26-16-38(10-9-27(26)45-22)31(41)25-15-35-32(42)37-25/h2-8,11-13,15,26-27H,9-10,14,16-17H2,1H3,(H,34,39)(H,36,40)(H2,35,37,42)/t26-,27+/m1/s1. The van der Waals surface area contributed by atoms with Gasteiger partial charge in [0.25, 0.3) is 17.7 Å². The van der Waals surface area contributed by atoms with Crippen LogP contribution >= 0.6 is 0 Å². The first-order chi connectivity index (χ1) is 21.8. The molecule has 0 unspecified atom stereocenters. The van der Waals surface area contributed by atoms with Gasteiger partial charge in [-0.15, -0.1) is 0 Å². The molecule has 45 heavy (non-hydrogen) atoms. The van der Waals surface area contributed by atoms with Crippen molar-refractivity contribution in [2.24, 2.45) is 0 Å². The number of likely N-dealkylation sites (tertiary alicyclic amines) is 1. The molecule has 3 aliphatic rings. The third-order valence-electron chi connectivity index (χ3n) is 7.75. The highest BCUT2D eigenvalue weighted by atomic mass is 19.1. The van der Waals surface area contributed by atoms with E-state index in [2.05, 4.69) is 20.6 Å². The van der Waals surface area contributed by atoms with E-state index in [1.54, 1.807) is 48.5 Å². The van der Waals surface area contributed by atoms with Gasteiger partial charge in [0.1, 0.15) is 34.9 Å². The molecule has 3 aliphatic heterocycles. The maximum absolute atomic E-state index is 15.1. The molecule has 1 aromatic heterocycles. The lowest BCUT2D eigenvalue weighted by Gasteiger charge is -2.38. The summed E-state index contributed by atoms with van der Waals surface area (Å²) in [5.74, 6) is -0.867. The van der Waals surface area contributed by atoms with E-state index in [0.717, 1.165) is 0 Å². The van der Waals surface area contributed by atoms with E-state index >= 15 is 4.39 Å². The van der Waals surface area contributed by atoms with Gasteiger partial charge in [-0.1, -0.05) is 18.2 Å². The number of fused-ring (bicyclic) bond motifs is 7. The lowest BCUT2D eigenvalue weighted by atomic mass is 9.99. The van der Waals surface area contributed by atoms with Gasteiger partial charge in [-0.25, -0.2) is 9.18 Å². The van der Waals surface area contributed by atoms with E-state index in [1.807, 2.05) is 0 Å². The molecule has 1 fully saturated rings. The number of hydrogen-bond donors (Lipinski definition) is 4. The lowest BCUT2D eigenvalue weighted by molar-refractivity contribution is -0.123. The normalized spacial score (nSPS) is 18.5. The maximum atomic E-state index is 15.1. The summed E-state index contributed by atoms with van der Waals surface area (Å²) in [4.78, 5) is 57.3. The Morgan fingerprint density at radius 3 is 2.67 bits per heavy atom. The first kappa shape index (κ1) is 29.5. The number of amides is 3. The Kier molecular flexibility index (Phi) is 8.23. The van der Waals surface area contributed by atoms with Gasteiger partial charge in [0.05, 0.1) is 18.7 Å². The number of imidazole rings is 1. The van der Waals surface area contributed by atoms with Crippen LogP contribution in [-0.4, -0.2) is 71.5 Å². The molecule has 1 saturated heterocycles. The van der Waals surface area contributed by atoms with E-state index in [-0.39, 0.29) is 43.4 Å². The second kappa shape index (κ2) is 12.6. The molecule has 4 aromatic rings. The second-order valence-electron chi connectivity index (χ2n) is 10.7. The minimum Gasteiger partial charge on any atom is -0.496 e. The third kappa shape index (κ3) is 6.51. The molecule has 0 spiro atoms. The van der Waals surface area contributed by atoms with Crippen molar-refractivity contribution in [3.05, 3.63) is 100.0 Å². The van der Waals surface area contributed by atoms with E-state index in [1.165, 1.54) is 30.3 Å². The van der Waals surface area contributed by atoms with Gasteiger partial charge >= 0.3 is 5.69 Å². The van der Waals surface area contributed by atoms with Gasteiger partial charge in [-0.05, 0) is 47.5 Å². The minimum absolute atomic E-state index is 0.0321. The monoisotopic (exact) mass is 615 g/mol. The number of ether oxygens (including phenoxy) is 3. The molecule has 13 heteroatoms. The number of nitrogens with zero attached hydrogens (tertiary/aromatic N) is 1. The number of carbonyl (C=O) groups excluding carboxylic acids is 3. The van der Waals surface area contributed by atoms with Crippen LogP contribution in [0.4, 0.5) is 4.39 Å². The summed E-state index contributed by atoms with van der Waals surface area (Å²) in [6, 6.07) is 15.5. The van der Waals surface area contributed by atoms with Crippen LogP contribution < -0.4 is 30.5 Å². The Bertz CT molecular complexity index is 1820. The van der Waals surface area contributed by atoms with E-state index in [9.17, 15) is 19.2 Å². The zero-order valence-corrected chi connectivity index (χ0v) is 24.2. The summed E-state index contributed by atoms with van der Waals surface area (Å²) in [5, 5.41) is 5.70. The Morgan fingerprint density at radius 2 is 1.87 bits per heavy atom. The molecule has 3 aromatic carbocycles. The summed E-state index contributed by atoms with van der Waals surface area (Å²) in [7, 11) is 1.50. The molecular formula is C32H30FN5O7. The molecule has 6 bridgehead atoms. The van der Waals surface area contributed by atoms with Gasteiger partial charge in [0.2, 0.25) is 0 Å². The number of methoxy groups -OCH3 is 1. The second-order valence-corrected chi connectivity index (χ2v) is 10.7. The summed E-state index contributed by atoms with van der Waals surface area (Å²) in [5.41, 5.74) is 1.27. The fraction of sp³-hybridized carbons (Fsp3) is 0.250. The summed E-state index contributed by atoms with van der Waals surface area (Å²) < 4.78 is 32.7. The minimum atomic E-state index is -0.754. The van der Waals surface area contributed by atoms with Gasteiger partial charge in [-0.3, -0.25) is 14.4 Å². The number of rotatable bonds is 2. The van der Waals surface area contributed by atoms with Crippen molar-refractivity contribution in [3.63, 3.8) is 0 Å². The van der Waals surface area contributed by atoms with Gasteiger partial charge < -0.3 is 39.7 Å². The molecule has 232 valence electrons. The van der Waals surface area contributed by atoms with Crippen molar-refractivity contribution in [1.29, 1.82) is 0 Å². The molecule has 7 rings (SSSR count). The number of halogens is 1. The van der Waals surface area contributed by atoms with Crippen LogP contribution in [0.3, 0.4) is 0 Å². The molecule has 3 amide bonds. The van der Waals surface area contributed by atoms with Crippen LogP contribution in [0, 0.1) is 5.82 Å². The zero-order chi connectivity index (χ0) is 31.5. The maximum Gasteiger partial charge on any atom is 0.323 e. The van der Waals surface area contributed by atoms with Crippen LogP contribution in [0.1, 0.15) is 32.8 Å². The fourth-order valence-electron chi connectivity index (χ4n) is 5.42. The van der Waals surface area contributed by atoms with Gasteiger partial charge in [-0.2, -0.15) is 0 Å². The molecule has 12 nitrogen and oxygen atoms in total. The molecule has 4 N–H and O–H groups in total. The quantitative estimate of drug-likeness (QED) is 0.270. The van der Waals surface area contributed by atoms with Crippen LogP contribution in [0.15, 0.2) is 71.7 Å². The van der Waals surface area contributed by atoms with E-state index in [4.69, 9.17) is 14.2 Å². The smallest absolute Gasteiger partial charge is 0.323 e. The Morgan fingerprint density at radius 1 is 1.02 bits per heavy atom. The predicted molar refractivity (Wildman–Crippen MR) is 160 cm³/mol. The Hall–Kier alpha value is -5.59. The first-order valence-corrected chi connectivity index (χ1v) is 14.3. The summed E-state index contributed by atoms with van der Waals surface area (Å²) in [6.45, 7) is 0.258. The molecule has 0 saturated carbocycles. The van der Waals surface area contributed by atoms with E-state index in [0.29, 0.717) is 40.4 Å². The zero-order valence-electron chi connectivity index (χ0n) is 24.2. The highest BCUT2D eigenvalue weighted by Gasteiger charge is 2.35. The van der Waals surface area contributed by atoms with Gasteiger partial charge in [0.15, 0.2) is 6.61 Å². The molecule has 0 aliphatic carbocycles. The highest BCUT2D eigenvalue weighted by molar-refractivity contribution is 5.96. The number of piperidine rings is 1. The topological polar surface area (TPSA) is 155 Å². The molecular weight excluding hydrogens is 585 g/mol. The predicted octanol–water partition coefficient (Wildman–Crippen LogP) is 2.62. The highest BCUT2D eigenvalue weighted by Crippen LogP contribution is 2.29. The number of hydrogen-bond acceptors (Lipinski definition) is 7. The average molecular weight is 616 g/mol. The van der Waals surface area contributed by atoms with Crippen molar-refractivity contribution < 1.29 is 33.0 Å². The van der Waals surface area contributed by atoms with Crippen molar-refractivity contribution in [1.82, 2.24) is 25.5 Å². The van der Waals surface area contributed by atoms with Crippen LogP contribution in [-0.2, 0) is 11.3 Å².